The lowest BCUT2D eigenvalue weighted by Crippen LogP contribution is -2.63. The van der Waals surface area contributed by atoms with E-state index in [-0.39, 0.29) is 24.0 Å². The van der Waals surface area contributed by atoms with E-state index >= 15 is 0 Å². The van der Waals surface area contributed by atoms with Crippen molar-refractivity contribution in [2.75, 3.05) is 19.5 Å². The van der Waals surface area contributed by atoms with Gasteiger partial charge in [0, 0.05) is 10.7 Å². The van der Waals surface area contributed by atoms with Crippen LogP contribution in [0.4, 0.5) is 5.82 Å². The number of rotatable bonds is 6. The number of aromatic nitrogens is 2. The zero-order valence-corrected chi connectivity index (χ0v) is 12.3. The summed E-state index contributed by atoms with van der Waals surface area (Å²) in [7, 11) is 1.53. The normalized spacial score (nSPS) is 11.4. The number of methoxy groups -OCH3 is 1. The number of ether oxygens (including phenoxy) is 2. The molecule has 2 aromatic rings. The van der Waals surface area contributed by atoms with Crippen LogP contribution < -0.4 is 26.0 Å². The number of anilines is 1. The molecule has 118 valence electrons. The van der Waals surface area contributed by atoms with E-state index < -0.39 is 0 Å². The first-order valence-electron chi connectivity index (χ1n) is 6.40. The first-order valence-corrected chi connectivity index (χ1v) is 6.40. The third-order valence-corrected chi connectivity index (χ3v) is 2.67. The average molecular weight is 315 g/mol. The summed E-state index contributed by atoms with van der Waals surface area (Å²) in [5.74, 6) is 3.58. The Bertz CT molecular complexity index is 775. The fraction of sp³-hybridized carbons (Fsp3) is 0.143. The summed E-state index contributed by atoms with van der Waals surface area (Å²) in [6.45, 7) is 0.158. The van der Waals surface area contributed by atoms with Gasteiger partial charge >= 0.3 is 0 Å². The van der Waals surface area contributed by atoms with Crippen LogP contribution >= 0.6 is 0 Å². The molecule has 0 aliphatic rings. The van der Waals surface area contributed by atoms with Crippen molar-refractivity contribution in [1.82, 2.24) is 10.3 Å². The zero-order valence-electron chi connectivity index (χ0n) is 12.3. The van der Waals surface area contributed by atoms with Gasteiger partial charge in [0.05, 0.1) is 7.11 Å². The van der Waals surface area contributed by atoms with Crippen molar-refractivity contribution in [2.45, 2.75) is 0 Å². The molecule has 0 unspecified atom stereocenters. The molecule has 1 aromatic heterocycles. The Hall–Kier alpha value is -3.54. The molecule has 5 N–H and O–H groups in total. The number of hydrazone groups is 1. The Morgan fingerprint density at radius 2 is 2.30 bits per heavy atom. The molecule has 0 atom stereocenters. The van der Waals surface area contributed by atoms with E-state index in [9.17, 15) is 0 Å². The van der Waals surface area contributed by atoms with Crippen LogP contribution in [0, 0.1) is 12.3 Å². The molecule has 0 fully saturated rings. The Morgan fingerprint density at radius 3 is 2.96 bits per heavy atom. The number of amidine groups is 1. The summed E-state index contributed by atoms with van der Waals surface area (Å²) in [6, 6.07) is 5.27. The molecule has 23 heavy (non-hydrogen) atoms. The Labute approximate surface area is 131 Å². The first kappa shape index (κ1) is 15.8. The van der Waals surface area contributed by atoms with Crippen molar-refractivity contribution in [3.63, 3.8) is 0 Å². The van der Waals surface area contributed by atoms with E-state index in [1.807, 2.05) is 0 Å². The summed E-state index contributed by atoms with van der Waals surface area (Å²) in [5, 5.41) is 13.5. The Kier molecular flexibility index (Phi) is 5.14. The standard InChI is InChI=1S/C14H14N6O3/c1-3-6-22-10-5-4-9(7-11(10)21-2)8-17-18-13(15)12-14(16)20-23-19-12/h1,4-5,7-8H,6H2,2H3,(H2,15,18)(H2,16,20)/p+1/b17-8-. The first-order chi connectivity index (χ1) is 11.2. The molecule has 1 heterocycles. The molecular weight excluding hydrogens is 300 g/mol. The van der Waals surface area contributed by atoms with Gasteiger partial charge in [-0.1, -0.05) is 5.92 Å². The van der Waals surface area contributed by atoms with Crippen molar-refractivity contribution < 1.29 is 19.2 Å². The Morgan fingerprint density at radius 1 is 1.48 bits per heavy atom. The highest BCUT2D eigenvalue weighted by Crippen LogP contribution is 2.27. The van der Waals surface area contributed by atoms with Crippen LogP contribution in [0.5, 0.6) is 11.5 Å². The predicted octanol–water partition coefficient (Wildman–Crippen LogP) is -1.51. The summed E-state index contributed by atoms with van der Waals surface area (Å²) in [6.07, 6.45) is 6.76. The fourth-order valence-corrected chi connectivity index (χ4v) is 1.62. The maximum atomic E-state index is 5.70. The van der Waals surface area contributed by atoms with Gasteiger partial charge in [-0.05, 0) is 28.5 Å². The van der Waals surface area contributed by atoms with Crippen molar-refractivity contribution >= 4 is 17.9 Å². The van der Waals surface area contributed by atoms with Crippen LogP contribution in [0.15, 0.2) is 27.9 Å². The number of nitrogen functional groups attached to an aromatic ring is 1. The molecule has 0 amide bonds. The topological polar surface area (TPSA) is 136 Å². The second-order valence-corrected chi connectivity index (χ2v) is 4.17. The van der Waals surface area contributed by atoms with Crippen molar-refractivity contribution in [1.29, 1.82) is 0 Å². The highest BCUT2D eigenvalue weighted by atomic mass is 16.6. The molecule has 1 aromatic carbocycles. The average Bonchev–Trinajstić information content (AvgIpc) is 2.99. The van der Waals surface area contributed by atoms with E-state index in [0.717, 1.165) is 5.56 Å². The van der Waals surface area contributed by atoms with Crippen LogP contribution in [0.3, 0.4) is 0 Å². The van der Waals surface area contributed by atoms with Gasteiger partial charge in [-0.25, -0.2) is 4.63 Å². The molecule has 0 saturated carbocycles. The van der Waals surface area contributed by atoms with Crippen LogP contribution in [-0.4, -0.2) is 36.1 Å². The summed E-state index contributed by atoms with van der Waals surface area (Å²) in [5.41, 5.74) is 12.2. The monoisotopic (exact) mass is 315 g/mol. The fourth-order valence-electron chi connectivity index (χ4n) is 1.62. The zero-order chi connectivity index (χ0) is 16.7. The van der Waals surface area contributed by atoms with Gasteiger partial charge in [0.1, 0.15) is 6.61 Å². The SMILES string of the molecule is C#CCOc1ccc(/C=[NH+]\N=C(N)c2nonc2N)cc1OC. The number of benzene rings is 1. The minimum Gasteiger partial charge on any atom is -0.493 e. The van der Waals surface area contributed by atoms with E-state index in [1.165, 1.54) is 7.11 Å². The second-order valence-electron chi connectivity index (χ2n) is 4.17. The number of terminal acetylenes is 1. The lowest BCUT2D eigenvalue weighted by atomic mass is 10.2. The minimum absolute atomic E-state index is 0.0425. The summed E-state index contributed by atoms with van der Waals surface area (Å²) >= 11 is 0. The smallest absolute Gasteiger partial charge is 0.224 e. The molecule has 2 rings (SSSR count). The number of nitrogens with one attached hydrogen (secondary N) is 1. The van der Waals surface area contributed by atoms with Gasteiger partial charge in [0.15, 0.2) is 23.0 Å². The van der Waals surface area contributed by atoms with Gasteiger partial charge < -0.3 is 20.9 Å². The van der Waals surface area contributed by atoms with Gasteiger partial charge in [0.25, 0.3) is 0 Å². The van der Waals surface area contributed by atoms with Crippen molar-refractivity contribution in [3.05, 3.63) is 29.5 Å². The minimum atomic E-state index is 0.0425. The molecule has 9 heteroatoms. The number of hydrogen-bond donors (Lipinski definition) is 3. The number of hydrogen-bond acceptors (Lipinski definition) is 7. The largest absolute Gasteiger partial charge is 0.493 e. The van der Waals surface area contributed by atoms with E-state index in [1.54, 1.807) is 24.4 Å². The molecule has 0 aliphatic carbocycles. The molecule has 0 aliphatic heterocycles. The van der Waals surface area contributed by atoms with Gasteiger partial charge in [-0.15, -0.1) is 11.5 Å². The van der Waals surface area contributed by atoms with Gasteiger partial charge in [-0.3, -0.25) is 0 Å². The highest BCUT2D eigenvalue weighted by Gasteiger charge is 2.12. The van der Waals surface area contributed by atoms with Crippen LogP contribution in [0.1, 0.15) is 11.3 Å². The quantitative estimate of drug-likeness (QED) is 0.255. The van der Waals surface area contributed by atoms with Gasteiger partial charge in [-0.2, -0.15) is 0 Å². The van der Waals surface area contributed by atoms with Crippen LogP contribution in [0.25, 0.3) is 0 Å². The van der Waals surface area contributed by atoms with Crippen molar-refractivity contribution in [2.24, 2.45) is 10.8 Å². The second kappa shape index (κ2) is 7.46. The van der Waals surface area contributed by atoms with Gasteiger partial charge in [0.2, 0.25) is 12.1 Å². The van der Waals surface area contributed by atoms with Crippen LogP contribution in [-0.2, 0) is 0 Å². The molecular formula is C14H15N6O3+. The molecule has 0 saturated heterocycles. The third-order valence-electron chi connectivity index (χ3n) is 2.67. The van der Waals surface area contributed by atoms with E-state index in [2.05, 4.69) is 31.1 Å². The van der Waals surface area contributed by atoms with Crippen LogP contribution in [0.2, 0.25) is 0 Å². The molecule has 0 spiro atoms. The number of nitrogens with two attached hydrogens (primary N) is 2. The predicted molar refractivity (Wildman–Crippen MR) is 82.9 cm³/mol. The summed E-state index contributed by atoms with van der Waals surface area (Å²) < 4.78 is 15.0. The molecule has 9 nitrogen and oxygen atoms in total. The van der Waals surface area contributed by atoms with Crippen molar-refractivity contribution in [3.8, 4) is 23.8 Å². The van der Waals surface area contributed by atoms with E-state index in [4.69, 9.17) is 27.4 Å². The molecule has 0 radical (unpaired) electrons. The van der Waals surface area contributed by atoms with E-state index in [0.29, 0.717) is 11.5 Å². The maximum Gasteiger partial charge on any atom is 0.224 e. The lowest BCUT2D eigenvalue weighted by molar-refractivity contribution is -0.456. The summed E-state index contributed by atoms with van der Waals surface area (Å²) in [4.78, 5) is 0. The highest BCUT2D eigenvalue weighted by molar-refractivity contribution is 5.98. The lowest BCUT2D eigenvalue weighted by Gasteiger charge is -2.08. The molecule has 0 bridgehead atoms. The third kappa shape index (κ3) is 3.98. The maximum absolute atomic E-state index is 5.70. The number of nitrogens with zero attached hydrogens (tertiary/aromatic N) is 3. The Balaban J connectivity index is 2.14.